The van der Waals surface area contributed by atoms with Gasteiger partial charge in [0.2, 0.25) is 5.88 Å². The van der Waals surface area contributed by atoms with Crippen molar-refractivity contribution in [2.75, 3.05) is 44.3 Å². The zero-order valence-corrected chi connectivity index (χ0v) is 14.5. The zero-order valence-electron chi connectivity index (χ0n) is 14.5. The summed E-state index contributed by atoms with van der Waals surface area (Å²) in [5, 5.41) is 0. The highest BCUT2D eigenvalue weighted by molar-refractivity contribution is 5.94. The van der Waals surface area contributed by atoms with E-state index in [-0.39, 0.29) is 12.0 Å². The lowest BCUT2D eigenvalue weighted by Crippen LogP contribution is -2.36. The number of amides is 1. The molecule has 8 nitrogen and oxygen atoms in total. The number of likely N-dealkylation sites (tertiary alicyclic amines) is 1. The number of morpholine rings is 1. The Balaban J connectivity index is 1.37. The molecule has 0 spiro atoms. The number of aromatic nitrogens is 3. The molecule has 1 unspecified atom stereocenters. The molecular formula is C18H21N5O3. The van der Waals surface area contributed by atoms with Gasteiger partial charge in [0, 0.05) is 50.1 Å². The van der Waals surface area contributed by atoms with Crippen LogP contribution in [0.1, 0.15) is 16.8 Å². The molecule has 0 aliphatic carbocycles. The molecule has 0 bridgehead atoms. The van der Waals surface area contributed by atoms with Crippen LogP contribution in [0.3, 0.4) is 0 Å². The van der Waals surface area contributed by atoms with Crippen LogP contribution in [0.4, 0.5) is 5.82 Å². The first-order chi connectivity index (χ1) is 12.8. The fraction of sp³-hybridized carbons (Fsp3) is 0.444. The summed E-state index contributed by atoms with van der Waals surface area (Å²) in [6.07, 6.45) is 5.51. The van der Waals surface area contributed by atoms with E-state index in [1.54, 1.807) is 24.5 Å². The van der Waals surface area contributed by atoms with Crippen molar-refractivity contribution in [1.29, 1.82) is 0 Å². The highest BCUT2D eigenvalue weighted by Gasteiger charge is 2.28. The average Bonchev–Trinajstić information content (AvgIpc) is 3.17. The summed E-state index contributed by atoms with van der Waals surface area (Å²) in [7, 11) is 0. The van der Waals surface area contributed by atoms with Crippen molar-refractivity contribution in [3.8, 4) is 5.88 Å². The molecule has 0 radical (unpaired) electrons. The third-order valence-corrected chi connectivity index (χ3v) is 4.61. The Morgan fingerprint density at radius 2 is 1.96 bits per heavy atom. The predicted molar refractivity (Wildman–Crippen MR) is 94.2 cm³/mol. The summed E-state index contributed by atoms with van der Waals surface area (Å²) in [4.78, 5) is 29.0. The molecule has 0 saturated carbocycles. The molecule has 4 heterocycles. The van der Waals surface area contributed by atoms with Gasteiger partial charge in [0.05, 0.1) is 19.8 Å². The Morgan fingerprint density at radius 1 is 1.15 bits per heavy atom. The summed E-state index contributed by atoms with van der Waals surface area (Å²) in [5.41, 5.74) is 0.650. The summed E-state index contributed by atoms with van der Waals surface area (Å²) in [5.74, 6) is 1.40. The maximum absolute atomic E-state index is 12.5. The lowest BCUT2D eigenvalue weighted by atomic mass is 10.2. The number of pyridine rings is 1. The first-order valence-electron chi connectivity index (χ1n) is 8.80. The Morgan fingerprint density at radius 3 is 2.77 bits per heavy atom. The fourth-order valence-electron chi connectivity index (χ4n) is 3.22. The minimum atomic E-state index is -0.0618. The number of carbonyl (C=O) groups excluding carboxylic acids is 1. The van der Waals surface area contributed by atoms with Gasteiger partial charge in [-0.2, -0.15) is 0 Å². The van der Waals surface area contributed by atoms with Crippen LogP contribution in [0.25, 0.3) is 0 Å². The quantitative estimate of drug-likeness (QED) is 0.809. The molecular weight excluding hydrogens is 334 g/mol. The van der Waals surface area contributed by atoms with E-state index in [2.05, 4.69) is 19.9 Å². The molecule has 2 saturated heterocycles. The number of hydrogen-bond donors (Lipinski definition) is 0. The third-order valence-electron chi connectivity index (χ3n) is 4.61. The molecule has 0 N–H and O–H groups in total. The molecule has 1 atom stereocenters. The van der Waals surface area contributed by atoms with Gasteiger partial charge in [0.15, 0.2) is 0 Å². The van der Waals surface area contributed by atoms with E-state index in [1.165, 1.54) is 6.33 Å². The Hall–Kier alpha value is -2.74. The largest absolute Gasteiger partial charge is 0.472 e. The maximum Gasteiger partial charge on any atom is 0.254 e. The molecule has 8 heteroatoms. The molecule has 0 aromatic carbocycles. The summed E-state index contributed by atoms with van der Waals surface area (Å²) < 4.78 is 11.4. The minimum absolute atomic E-state index is 0.00944. The summed E-state index contributed by atoms with van der Waals surface area (Å²) >= 11 is 0. The smallest absolute Gasteiger partial charge is 0.254 e. The minimum Gasteiger partial charge on any atom is -0.472 e. The van der Waals surface area contributed by atoms with Crippen molar-refractivity contribution >= 4 is 11.7 Å². The van der Waals surface area contributed by atoms with Crippen molar-refractivity contribution in [3.63, 3.8) is 0 Å². The van der Waals surface area contributed by atoms with E-state index in [9.17, 15) is 4.79 Å². The summed E-state index contributed by atoms with van der Waals surface area (Å²) in [6.45, 7) is 4.26. The number of hydrogen-bond acceptors (Lipinski definition) is 7. The monoisotopic (exact) mass is 355 g/mol. The lowest BCUT2D eigenvalue weighted by Gasteiger charge is -2.27. The number of rotatable bonds is 4. The normalized spacial score (nSPS) is 20.2. The van der Waals surface area contributed by atoms with Gasteiger partial charge in [-0.1, -0.05) is 0 Å². The molecule has 2 aromatic rings. The number of anilines is 1. The summed E-state index contributed by atoms with van der Waals surface area (Å²) in [6, 6.07) is 5.32. The first-order valence-corrected chi connectivity index (χ1v) is 8.80. The maximum atomic E-state index is 12.5. The highest BCUT2D eigenvalue weighted by atomic mass is 16.5. The Bertz CT molecular complexity index is 752. The van der Waals surface area contributed by atoms with Gasteiger partial charge in [-0.15, -0.1) is 0 Å². The predicted octanol–water partition coefficient (Wildman–Crippen LogP) is 1.00. The van der Waals surface area contributed by atoms with Crippen LogP contribution >= 0.6 is 0 Å². The van der Waals surface area contributed by atoms with E-state index in [0.717, 1.165) is 25.3 Å². The second kappa shape index (κ2) is 7.65. The van der Waals surface area contributed by atoms with E-state index in [1.807, 2.05) is 11.0 Å². The third kappa shape index (κ3) is 3.75. The molecule has 1 amide bonds. The lowest BCUT2D eigenvalue weighted by molar-refractivity contribution is 0.0771. The van der Waals surface area contributed by atoms with E-state index >= 15 is 0 Å². The molecule has 136 valence electrons. The van der Waals surface area contributed by atoms with Gasteiger partial charge in [-0.05, 0) is 12.1 Å². The van der Waals surface area contributed by atoms with Crippen molar-refractivity contribution in [3.05, 3.63) is 42.5 Å². The number of nitrogens with zero attached hydrogens (tertiary/aromatic N) is 5. The number of ether oxygens (including phenoxy) is 2. The van der Waals surface area contributed by atoms with Gasteiger partial charge in [-0.25, -0.2) is 9.97 Å². The molecule has 4 rings (SSSR count). The molecule has 26 heavy (non-hydrogen) atoms. The second-order valence-corrected chi connectivity index (χ2v) is 6.33. The zero-order chi connectivity index (χ0) is 17.8. The van der Waals surface area contributed by atoms with Crippen molar-refractivity contribution < 1.29 is 14.3 Å². The Labute approximate surface area is 151 Å². The standard InChI is InChI=1S/C18H21N5O3/c24-18(14-1-4-19-5-2-14)23-6-3-15(12-23)26-17-11-16(20-13-21-17)22-7-9-25-10-8-22/h1-2,4-5,11,13,15H,3,6-10,12H2. The average molecular weight is 355 g/mol. The van der Waals surface area contributed by atoms with Crippen LogP contribution in [-0.4, -0.2) is 71.3 Å². The van der Waals surface area contributed by atoms with Gasteiger partial charge in [-0.3, -0.25) is 9.78 Å². The molecule has 2 aromatic heterocycles. The van der Waals surface area contributed by atoms with Gasteiger partial charge < -0.3 is 19.3 Å². The molecule has 2 aliphatic heterocycles. The Kier molecular flexibility index (Phi) is 4.92. The van der Waals surface area contributed by atoms with Crippen LogP contribution in [-0.2, 0) is 4.74 Å². The second-order valence-electron chi connectivity index (χ2n) is 6.33. The van der Waals surface area contributed by atoms with Crippen molar-refractivity contribution in [1.82, 2.24) is 19.9 Å². The molecule has 2 fully saturated rings. The van der Waals surface area contributed by atoms with E-state index < -0.39 is 0 Å². The topological polar surface area (TPSA) is 80.7 Å². The van der Waals surface area contributed by atoms with Crippen molar-refractivity contribution in [2.45, 2.75) is 12.5 Å². The van der Waals surface area contributed by atoms with Crippen LogP contribution in [0, 0.1) is 0 Å². The van der Waals surface area contributed by atoms with Gasteiger partial charge >= 0.3 is 0 Å². The molecule has 2 aliphatic rings. The van der Waals surface area contributed by atoms with Gasteiger partial charge in [0.1, 0.15) is 18.2 Å². The highest BCUT2D eigenvalue weighted by Crippen LogP contribution is 2.21. The fourth-order valence-corrected chi connectivity index (χ4v) is 3.22. The van der Waals surface area contributed by atoms with Crippen LogP contribution < -0.4 is 9.64 Å². The first kappa shape index (κ1) is 16.7. The SMILES string of the molecule is O=C(c1ccncc1)N1CCC(Oc2cc(N3CCOCC3)ncn2)C1. The van der Waals surface area contributed by atoms with E-state index in [4.69, 9.17) is 9.47 Å². The van der Waals surface area contributed by atoms with Gasteiger partial charge in [0.25, 0.3) is 5.91 Å². The van der Waals surface area contributed by atoms with Crippen LogP contribution in [0.5, 0.6) is 5.88 Å². The van der Waals surface area contributed by atoms with Crippen LogP contribution in [0.2, 0.25) is 0 Å². The van der Waals surface area contributed by atoms with Crippen LogP contribution in [0.15, 0.2) is 36.9 Å². The van der Waals surface area contributed by atoms with Crippen molar-refractivity contribution in [2.24, 2.45) is 0 Å². The van der Waals surface area contributed by atoms with E-state index in [0.29, 0.717) is 37.7 Å². The number of carbonyl (C=O) groups is 1.